The van der Waals surface area contributed by atoms with Crippen LogP contribution in [0.1, 0.15) is 25.8 Å². The maximum atomic E-state index is 12.0. The molecule has 1 fully saturated rings. The maximum Gasteiger partial charge on any atom is 0.149 e. The number of hydrogen-bond donors (Lipinski definition) is 0. The van der Waals surface area contributed by atoms with Crippen LogP contribution in [0, 0.1) is 5.92 Å². The predicted octanol–water partition coefficient (Wildman–Crippen LogP) is 2.42. The van der Waals surface area contributed by atoms with Crippen molar-refractivity contribution in [1.29, 1.82) is 0 Å². The molecule has 3 nitrogen and oxygen atoms in total. The first-order chi connectivity index (χ1) is 9.69. The second-order valence-electron chi connectivity index (χ2n) is 5.81. The summed E-state index contributed by atoms with van der Waals surface area (Å²) in [4.78, 5) is 16.7. The lowest BCUT2D eigenvalue weighted by Crippen LogP contribution is -2.48. The van der Waals surface area contributed by atoms with Gasteiger partial charge in [0.2, 0.25) is 0 Å². The first-order valence-electron chi connectivity index (χ1n) is 7.70. The largest absolute Gasteiger partial charge is 0.298 e. The number of benzene rings is 1. The van der Waals surface area contributed by atoms with Crippen molar-refractivity contribution in [3.05, 3.63) is 35.9 Å². The van der Waals surface area contributed by atoms with E-state index in [-0.39, 0.29) is 5.92 Å². The molecular weight excluding hydrogens is 248 g/mol. The molecule has 0 bridgehead atoms. The number of nitrogens with zero attached hydrogens (tertiary/aromatic N) is 2. The van der Waals surface area contributed by atoms with E-state index in [0.29, 0.717) is 12.3 Å². The minimum atomic E-state index is 0.206. The van der Waals surface area contributed by atoms with Gasteiger partial charge in [0.25, 0.3) is 0 Å². The molecule has 0 radical (unpaired) electrons. The summed E-state index contributed by atoms with van der Waals surface area (Å²) in [5.74, 6) is 0.598. The Morgan fingerprint density at radius 2 is 1.70 bits per heavy atom. The zero-order chi connectivity index (χ0) is 14.4. The van der Waals surface area contributed by atoms with Crippen LogP contribution in [0.5, 0.6) is 0 Å². The standard InChI is InChI=1S/C17H26N2O/c1-3-15(2)17(20)14-19-11-9-18(10-12-19)13-16-7-5-4-6-8-16/h4-8,15H,3,9-14H2,1-2H3. The van der Waals surface area contributed by atoms with Crippen LogP contribution >= 0.6 is 0 Å². The molecule has 2 rings (SSSR count). The highest BCUT2D eigenvalue weighted by atomic mass is 16.1. The molecule has 0 aliphatic carbocycles. The van der Waals surface area contributed by atoms with E-state index in [9.17, 15) is 4.79 Å². The lowest BCUT2D eigenvalue weighted by Gasteiger charge is -2.34. The summed E-state index contributed by atoms with van der Waals surface area (Å²) in [5.41, 5.74) is 1.37. The molecule has 110 valence electrons. The molecule has 1 aromatic carbocycles. The fourth-order valence-corrected chi connectivity index (χ4v) is 2.55. The van der Waals surface area contributed by atoms with Crippen LogP contribution in [0.4, 0.5) is 0 Å². The topological polar surface area (TPSA) is 23.6 Å². The Morgan fingerprint density at radius 1 is 1.10 bits per heavy atom. The number of carbonyl (C=O) groups excluding carboxylic acids is 1. The predicted molar refractivity (Wildman–Crippen MR) is 82.6 cm³/mol. The number of ketones is 1. The number of piperazine rings is 1. The van der Waals surface area contributed by atoms with Crippen molar-refractivity contribution in [3.63, 3.8) is 0 Å². The van der Waals surface area contributed by atoms with Gasteiger partial charge in [0.15, 0.2) is 0 Å². The molecule has 3 heteroatoms. The van der Waals surface area contributed by atoms with Gasteiger partial charge >= 0.3 is 0 Å². The van der Waals surface area contributed by atoms with Gasteiger partial charge in [-0.2, -0.15) is 0 Å². The van der Waals surface area contributed by atoms with E-state index < -0.39 is 0 Å². The molecule has 0 amide bonds. The van der Waals surface area contributed by atoms with E-state index in [1.54, 1.807) is 0 Å². The fraction of sp³-hybridized carbons (Fsp3) is 0.588. The number of carbonyl (C=O) groups is 1. The SMILES string of the molecule is CCC(C)C(=O)CN1CCN(Cc2ccccc2)CC1. The molecule has 1 aromatic rings. The highest BCUT2D eigenvalue weighted by Gasteiger charge is 2.20. The molecule has 0 saturated carbocycles. The van der Waals surface area contributed by atoms with Gasteiger partial charge in [-0.3, -0.25) is 14.6 Å². The molecule has 1 saturated heterocycles. The quantitative estimate of drug-likeness (QED) is 0.796. The number of rotatable bonds is 6. The monoisotopic (exact) mass is 274 g/mol. The Kier molecular flexibility index (Phi) is 5.74. The summed E-state index contributed by atoms with van der Waals surface area (Å²) < 4.78 is 0. The van der Waals surface area contributed by atoms with Crippen LogP contribution in [-0.4, -0.2) is 48.3 Å². The second kappa shape index (κ2) is 7.55. The van der Waals surface area contributed by atoms with Gasteiger partial charge in [0, 0.05) is 38.6 Å². The van der Waals surface area contributed by atoms with Crippen LogP contribution in [0.2, 0.25) is 0 Å². The van der Waals surface area contributed by atoms with Crippen molar-refractivity contribution in [3.8, 4) is 0 Å². The zero-order valence-corrected chi connectivity index (χ0v) is 12.7. The van der Waals surface area contributed by atoms with E-state index in [1.807, 2.05) is 6.92 Å². The van der Waals surface area contributed by atoms with Crippen LogP contribution < -0.4 is 0 Å². The molecule has 0 aromatic heterocycles. The van der Waals surface area contributed by atoms with Gasteiger partial charge in [-0.1, -0.05) is 44.2 Å². The number of hydrogen-bond acceptors (Lipinski definition) is 3. The Labute approximate surface area is 122 Å². The van der Waals surface area contributed by atoms with Crippen LogP contribution in [0.3, 0.4) is 0 Å². The third kappa shape index (κ3) is 4.43. The van der Waals surface area contributed by atoms with Crippen LogP contribution in [0.25, 0.3) is 0 Å². The molecule has 20 heavy (non-hydrogen) atoms. The van der Waals surface area contributed by atoms with Crippen molar-refractivity contribution in [1.82, 2.24) is 9.80 Å². The Hall–Kier alpha value is -1.19. The molecule has 1 aliphatic heterocycles. The van der Waals surface area contributed by atoms with E-state index in [2.05, 4.69) is 47.1 Å². The van der Waals surface area contributed by atoms with Gasteiger partial charge in [0.05, 0.1) is 6.54 Å². The third-order valence-electron chi connectivity index (χ3n) is 4.26. The zero-order valence-electron chi connectivity index (χ0n) is 12.7. The van der Waals surface area contributed by atoms with Crippen LogP contribution in [0.15, 0.2) is 30.3 Å². The maximum absolute atomic E-state index is 12.0. The summed E-state index contributed by atoms with van der Waals surface area (Å²) in [7, 11) is 0. The van der Waals surface area contributed by atoms with Gasteiger partial charge < -0.3 is 0 Å². The molecule has 1 aliphatic rings. The summed E-state index contributed by atoms with van der Waals surface area (Å²) in [6.07, 6.45) is 0.951. The van der Waals surface area contributed by atoms with Crippen molar-refractivity contribution >= 4 is 5.78 Å². The number of Topliss-reactive ketones (excluding diaryl/α,β-unsaturated/α-hetero) is 1. The molecule has 1 unspecified atom stereocenters. The highest BCUT2D eigenvalue weighted by Crippen LogP contribution is 2.10. The normalized spacial score (nSPS) is 18.9. The first kappa shape index (κ1) is 15.2. The van der Waals surface area contributed by atoms with E-state index in [0.717, 1.165) is 39.1 Å². The third-order valence-corrected chi connectivity index (χ3v) is 4.26. The highest BCUT2D eigenvalue weighted by molar-refractivity contribution is 5.82. The molecule has 0 N–H and O–H groups in total. The molecular formula is C17H26N2O. The van der Waals surface area contributed by atoms with Crippen molar-refractivity contribution in [2.75, 3.05) is 32.7 Å². The van der Waals surface area contributed by atoms with Crippen LogP contribution in [-0.2, 0) is 11.3 Å². The van der Waals surface area contributed by atoms with E-state index >= 15 is 0 Å². The summed E-state index contributed by atoms with van der Waals surface area (Å²) >= 11 is 0. The minimum Gasteiger partial charge on any atom is -0.298 e. The molecule has 0 spiro atoms. The minimum absolute atomic E-state index is 0.206. The average Bonchev–Trinajstić information content (AvgIpc) is 2.49. The second-order valence-corrected chi connectivity index (χ2v) is 5.81. The Morgan fingerprint density at radius 3 is 2.30 bits per heavy atom. The van der Waals surface area contributed by atoms with Gasteiger partial charge in [-0.15, -0.1) is 0 Å². The Bertz CT molecular complexity index is 410. The van der Waals surface area contributed by atoms with Crippen molar-refractivity contribution in [2.24, 2.45) is 5.92 Å². The van der Waals surface area contributed by atoms with E-state index in [4.69, 9.17) is 0 Å². The van der Waals surface area contributed by atoms with E-state index in [1.165, 1.54) is 5.56 Å². The smallest absolute Gasteiger partial charge is 0.149 e. The lowest BCUT2D eigenvalue weighted by atomic mass is 10.0. The van der Waals surface area contributed by atoms with Gasteiger partial charge in [0.1, 0.15) is 5.78 Å². The average molecular weight is 274 g/mol. The summed E-state index contributed by atoms with van der Waals surface area (Å²) in [5, 5.41) is 0. The molecule has 1 atom stereocenters. The molecule has 1 heterocycles. The van der Waals surface area contributed by atoms with Crippen molar-refractivity contribution in [2.45, 2.75) is 26.8 Å². The summed E-state index contributed by atoms with van der Waals surface area (Å²) in [6.45, 7) is 9.91. The fourth-order valence-electron chi connectivity index (χ4n) is 2.55. The van der Waals surface area contributed by atoms with Gasteiger partial charge in [-0.05, 0) is 12.0 Å². The van der Waals surface area contributed by atoms with Gasteiger partial charge in [-0.25, -0.2) is 0 Å². The first-order valence-corrected chi connectivity index (χ1v) is 7.70. The van der Waals surface area contributed by atoms with Crippen molar-refractivity contribution < 1.29 is 4.79 Å². The Balaban J connectivity index is 1.74. The summed E-state index contributed by atoms with van der Waals surface area (Å²) in [6, 6.07) is 10.6. The lowest BCUT2D eigenvalue weighted by molar-refractivity contribution is -0.124.